The lowest BCUT2D eigenvalue weighted by molar-refractivity contribution is 0.0923. The molecule has 1 aromatic heterocycles. The van der Waals surface area contributed by atoms with Gasteiger partial charge in [-0.3, -0.25) is 4.79 Å². The van der Waals surface area contributed by atoms with Gasteiger partial charge in [0.15, 0.2) is 0 Å². The van der Waals surface area contributed by atoms with Crippen LogP contribution in [0.2, 0.25) is 0 Å². The summed E-state index contributed by atoms with van der Waals surface area (Å²) >= 11 is 1.50. The second kappa shape index (κ2) is 7.52. The number of amidine groups is 1. The number of likely N-dealkylation sites (tertiary alicyclic amines) is 1. The number of piperidine rings is 1. The van der Waals surface area contributed by atoms with E-state index in [1.54, 1.807) is 12.1 Å². The van der Waals surface area contributed by atoms with Crippen LogP contribution in [0.5, 0.6) is 0 Å². The van der Waals surface area contributed by atoms with E-state index < -0.39 is 10.0 Å². The van der Waals surface area contributed by atoms with Crippen molar-refractivity contribution in [3.63, 3.8) is 0 Å². The number of benzene rings is 1. The third kappa shape index (κ3) is 3.62. The van der Waals surface area contributed by atoms with E-state index in [1.807, 2.05) is 46.8 Å². The number of amides is 1. The maximum Gasteiger partial charge on any atom is 0.285 e. The number of nitrogens with one attached hydrogen (secondary N) is 1. The van der Waals surface area contributed by atoms with Crippen LogP contribution in [-0.2, 0) is 10.0 Å². The fourth-order valence-electron chi connectivity index (χ4n) is 3.67. The molecule has 1 aromatic carbocycles. The molecule has 0 saturated carbocycles. The molecule has 0 unspecified atom stereocenters. The first kappa shape index (κ1) is 18.9. The summed E-state index contributed by atoms with van der Waals surface area (Å²) in [7, 11) is -3.69. The van der Waals surface area contributed by atoms with E-state index >= 15 is 0 Å². The average molecular weight is 416 g/mol. The average Bonchev–Trinajstić information content (AvgIpc) is 3.30. The van der Waals surface area contributed by atoms with Crippen LogP contribution in [-0.4, -0.2) is 44.2 Å². The molecule has 3 heterocycles. The summed E-state index contributed by atoms with van der Waals surface area (Å²) in [4.78, 5) is 14.5. The molecule has 28 heavy (non-hydrogen) atoms. The molecule has 8 heteroatoms. The van der Waals surface area contributed by atoms with E-state index in [-0.39, 0.29) is 16.9 Å². The molecule has 2 aromatic rings. The van der Waals surface area contributed by atoms with E-state index in [1.165, 1.54) is 11.3 Å². The Morgan fingerprint density at radius 2 is 1.89 bits per heavy atom. The van der Waals surface area contributed by atoms with E-state index in [0.29, 0.717) is 35.6 Å². The Kier molecular flexibility index (Phi) is 5.07. The minimum Gasteiger partial charge on any atom is -0.356 e. The fourth-order valence-corrected chi connectivity index (χ4v) is 5.79. The standard InChI is InChI=1S/C20H21N3O3S2/c1-14-18(15-5-3-2-4-6-15)28(25,26)22-19(14)23-10-7-17(8-11-23)21-20(24)16-9-12-27-13-16/h2-6,9,12-13,17H,7-8,10-11H2,1H3,(H,21,24). The SMILES string of the molecule is CC1=C(c2ccccc2)S(=O)(=O)N=C1N1CCC(NC(=O)c2ccsc2)CC1. The number of sulfonamides is 1. The van der Waals surface area contributed by atoms with Crippen molar-refractivity contribution in [2.75, 3.05) is 13.1 Å². The van der Waals surface area contributed by atoms with Crippen molar-refractivity contribution in [2.45, 2.75) is 25.8 Å². The van der Waals surface area contributed by atoms with E-state index in [9.17, 15) is 13.2 Å². The van der Waals surface area contributed by atoms with Crippen molar-refractivity contribution in [3.05, 3.63) is 63.9 Å². The van der Waals surface area contributed by atoms with Gasteiger partial charge in [0.1, 0.15) is 10.7 Å². The Morgan fingerprint density at radius 3 is 2.54 bits per heavy atom. The van der Waals surface area contributed by atoms with Gasteiger partial charge in [-0.2, -0.15) is 19.8 Å². The highest BCUT2D eigenvalue weighted by Crippen LogP contribution is 2.34. The van der Waals surface area contributed by atoms with Gasteiger partial charge in [-0.15, -0.1) is 4.40 Å². The molecule has 1 N–H and O–H groups in total. The number of rotatable bonds is 3. The molecule has 0 radical (unpaired) electrons. The van der Waals surface area contributed by atoms with Crippen LogP contribution in [0.25, 0.3) is 4.91 Å². The number of hydrogen-bond donors (Lipinski definition) is 1. The molecule has 0 bridgehead atoms. The minimum absolute atomic E-state index is 0.0528. The van der Waals surface area contributed by atoms with Gasteiger partial charge in [0.25, 0.3) is 15.9 Å². The molecule has 2 aliphatic heterocycles. The van der Waals surface area contributed by atoms with E-state index in [0.717, 1.165) is 12.8 Å². The van der Waals surface area contributed by atoms with E-state index in [4.69, 9.17) is 0 Å². The zero-order valence-electron chi connectivity index (χ0n) is 15.5. The Labute approximate surface area is 168 Å². The number of carbonyl (C=O) groups excluding carboxylic acids is 1. The second-order valence-corrected chi connectivity index (χ2v) is 9.28. The number of hydrogen-bond acceptors (Lipinski definition) is 5. The number of thiophene rings is 1. The molecule has 2 aliphatic rings. The monoisotopic (exact) mass is 415 g/mol. The molecule has 146 valence electrons. The van der Waals surface area contributed by atoms with Crippen LogP contribution in [0.4, 0.5) is 0 Å². The van der Waals surface area contributed by atoms with Crippen LogP contribution in [0.1, 0.15) is 35.7 Å². The molecule has 4 rings (SSSR count). The quantitative estimate of drug-likeness (QED) is 0.835. The van der Waals surface area contributed by atoms with Gasteiger partial charge in [-0.25, -0.2) is 0 Å². The minimum atomic E-state index is -3.69. The van der Waals surface area contributed by atoms with Gasteiger partial charge in [-0.05, 0) is 36.8 Å². The highest BCUT2D eigenvalue weighted by atomic mass is 32.2. The number of nitrogens with zero attached hydrogens (tertiary/aromatic N) is 2. The van der Waals surface area contributed by atoms with Gasteiger partial charge in [0, 0.05) is 35.6 Å². The molecule has 6 nitrogen and oxygen atoms in total. The normalized spacial score (nSPS) is 19.6. The zero-order valence-corrected chi connectivity index (χ0v) is 17.1. The molecule has 1 saturated heterocycles. The molecule has 1 amide bonds. The second-order valence-electron chi connectivity index (χ2n) is 6.96. The number of carbonyl (C=O) groups is 1. The van der Waals surface area contributed by atoms with Crippen LogP contribution < -0.4 is 5.32 Å². The molecular weight excluding hydrogens is 394 g/mol. The van der Waals surface area contributed by atoms with Crippen molar-refractivity contribution in [1.29, 1.82) is 0 Å². The fraction of sp³-hybridized carbons (Fsp3) is 0.300. The molecule has 0 aliphatic carbocycles. The summed E-state index contributed by atoms with van der Waals surface area (Å²) in [6, 6.07) is 11.0. The maximum atomic E-state index is 12.6. The molecule has 0 spiro atoms. The van der Waals surface area contributed by atoms with Gasteiger partial charge < -0.3 is 10.2 Å². The smallest absolute Gasteiger partial charge is 0.285 e. The lowest BCUT2D eigenvalue weighted by atomic mass is 10.0. The summed E-state index contributed by atoms with van der Waals surface area (Å²) in [6.07, 6.45) is 1.51. The third-order valence-corrected chi connectivity index (χ3v) is 7.24. The lowest BCUT2D eigenvalue weighted by Gasteiger charge is -2.33. The van der Waals surface area contributed by atoms with Gasteiger partial charge in [-0.1, -0.05) is 30.3 Å². The molecule has 1 fully saturated rings. The van der Waals surface area contributed by atoms with Crippen molar-refractivity contribution < 1.29 is 13.2 Å². The first-order chi connectivity index (χ1) is 13.5. The first-order valence-corrected chi connectivity index (χ1v) is 11.5. The van der Waals surface area contributed by atoms with Crippen LogP contribution in [0, 0.1) is 0 Å². The molecule has 0 atom stereocenters. The predicted molar refractivity (Wildman–Crippen MR) is 112 cm³/mol. The third-order valence-electron chi connectivity index (χ3n) is 5.09. The Hall–Kier alpha value is -2.45. The van der Waals surface area contributed by atoms with Crippen molar-refractivity contribution in [1.82, 2.24) is 10.2 Å². The van der Waals surface area contributed by atoms with E-state index in [2.05, 4.69) is 9.71 Å². The van der Waals surface area contributed by atoms with Crippen LogP contribution in [0.3, 0.4) is 0 Å². The zero-order chi connectivity index (χ0) is 19.7. The summed E-state index contributed by atoms with van der Waals surface area (Å²) in [5, 5.41) is 6.79. The first-order valence-electron chi connectivity index (χ1n) is 9.15. The van der Waals surface area contributed by atoms with Crippen molar-refractivity contribution in [2.24, 2.45) is 4.40 Å². The topological polar surface area (TPSA) is 78.8 Å². The predicted octanol–water partition coefficient (Wildman–Crippen LogP) is 3.12. The van der Waals surface area contributed by atoms with Gasteiger partial charge in [0.2, 0.25) is 0 Å². The van der Waals surface area contributed by atoms with Crippen molar-refractivity contribution in [3.8, 4) is 0 Å². The summed E-state index contributed by atoms with van der Waals surface area (Å²) in [5.74, 6) is 0.476. The maximum absolute atomic E-state index is 12.6. The summed E-state index contributed by atoms with van der Waals surface area (Å²) in [5.41, 5.74) is 2.04. The largest absolute Gasteiger partial charge is 0.356 e. The highest BCUT2D eigenvalue weighted by molar-refractivity contribution is 8.00. The lowest BCUT2D eigenvalue weighted by Crippen LogP contribution is -2.46. The Balaban J connectivity index is 1.46. The van der Waals surface area contributed by atoms with Crippen LogP contribution in [0.15, 0.2) is 57.1 Å². The Bertz CT molecular complexity index is 1030. The highest BCUT2D eigenvalue weighted by Gasteiger charge is 2.34. The summed E-state index contributed by atoms with van der Waals surface area (Å²) in [6.45, 7) is 3.13. The van der Waals surface area contributed by atoms with Gasteiger partial charge in [0.05, 0.1) is 0 Å². The van der Waals surface area contributed by atoms with Gasteiger partial charge >= 0.3 is 0 Å². The molecular formula is C20H21N3O3S2. The van der Waals surface area contributed by atoms with Crippen LogP contribution >= 0.6 is 11.3 Å². The Morgan fingerprint density at radius 1 is 1.18 bits per heavy atom. The summed E-state index contributed by atoms with van der Waals surface area (Å²) < 4.78 is 29.3. The van der Waals surface area contributed by atoms with Crippen molar-refractivity contribution >= 4 is 38.0 Å².